The van der Waals surface area contributed by atoms with Crippen molar-refractivity contribution in [2.45, 2.75) is 33.3 Å². The van der Waals surface area contributed by atoms with Gasteiger partial charge in [-0.1, -0.05) is 13.0 Å². The maximum atomic E-state index is 12.1. The van der Waals surface area contributed by atoms with Crippen molar-refractivity contribution in [1.29, 1.82) is 0 Å². The number of benzene rings is 1. The minimum atomic E-state index is -0.737. The highest BCUT2D eigenvalue weighted by molar-refractivity contribution is 5.90. The highest BCUT2D eigenvalue weighted by Crippen LogP contribution is 2.23. The smallest absolute Gasteiger partial charge is 0.339 e. The van der Waals surface area contributed by atoms with Crippen LogP contribution in [0.4, 0.5) is 5.69 Å². The molecule has 0 amide bonds. The standard InChI is InChI=1S/C14H15N3O5/c1-4-10-5-6-11(7-12(10)17(19)20)14(18)21-8(2)13-16-15-9(3)22-13/h5-8H,4H2,1-3H3. The molecule has 8 heteroatoms. The Labute approximate surface area is 126 Å². The number of aryl methyl sites for hydroxylation is 2. The van der Waals surface area contributed by atoms with E-state index < -0.39 is 17.0 Å². The van der Waals surface area contributed by atoms with Crippen molar-refractivity contribution >= 4 is 11.7 Å². The van der Waals surface area contributed by atoms with Crippen LogP contribution in [0.5, 0.6) is 0 Å². The summed E-state index contributed by atoms with van der Waals surface area (Å²) in [4.78, 5) is 22.6. The van der Waals surface area contributed by atoms with Gasteiger partial charge in [-0.25, -0.2) is 4.79 Å². The first-order valence-corrected chi connectivity index (χ1v) is 6.70. The summed E-state index contributed by atoms with van der Waals surface area (Å²) in [6.07, 6.45) is -0.234. The third-order valence-electron chi connectivity index (χ3n) is 3.07. The van der Waals surface area contributed by atoms with Crippen LogP contribution in [0.3, 0.4) is 0 Å². The molecule has 0 aliphatic heterocycles. The predicted molar refractivity (Wildman–Crippen MR) is 75.3 cm³/mol. The molecule has 116 valence electrons. The topological polar surface area (TPSA) is 108 Å². The van der Waals surface area contributed by atoms with Crippen LogP contribution in [0.1, 0.15) is 47.7 Å². The van der Waals surface area contributed by atoms with Crippen LogP contribution < -0.4 is 0 Å². The number of carbonyl (C=O) groups is 1. The lowest BCUT2D eigenvalue weighted by Crippen LogP contribution is -2.10. The molecule has 0 fully saturated rings. The van der Waals surface area contributed by atoms with Gasteiger partial charge in [-0.3, -0.25) is 10.1 Å². The van der Waals surface area contributed by atoms with Crippen molar-refractivity contribution in [3.8, 4) is 0 Å². The molecular weight excluding hydrogens is 290 g/mol. The van der Waals surface area contributed by atoms with Crippen LogP contribution in [0.25, 0.3) is 0 Å². The van der Waals surface area contributed by atoms with E-state index in [2.05, 4.69) is 10.2 Å². The van der Waals surface area contributed by atoms with Crippen molar-refractivity contribution < 1.29 is 18.9 Å². The zero-order valence-electron chi connectivity index (χ0n) is 12.4. The lowest BCUT2D eigenvalue weighted by Gasteiger charge is -2.10. The number of aromatic nitrogens is 2. The molecule has 1 unspecified atom stereocenters. The summed E-state index contributed by atoms with van der Waals surface area (Å²) in [6.45, 7) is 5.01. The van der Waals surface area contributed by atoms with Gasteiger partial charge in [0.05, 0.1) is 10.5 Å². The van der Waals surface area contributed by atoms with Gasteiger partial charge in [0.2, 0.25) is 5.89 Å². The third kappa shape index (κ3) is 3.27. The quantitative estimate of drug-likeness (QED) is 0.474. The number of rotatable bonds is 5. The van der Waals surface area contributed by atoms with Crippen molar-refractivity contribution in [2.24, 2.45) is 0 Å². The minimum Gasteiger partial charge on any atom is -0.449 e. The Balaban J connectivity index is 2.19. The summed E-state index contributed by atoms with van der Waals surface area (Å²) in [7, 11) is 0. The first-order chi connectivity index (χ1) is 10.4. The Morgan fingerprint density at radius 1 is 1.45 bits per heavy atom. The molecule has 8 nitrogen and oxygen atoms in total. The van der Waals surface area contributed by atoms with E-state index in [-0.39, 0.29) is 17.1 Å². The van der Waals surface area contributed by atoms with E-state index in [1.54, 1.807) is 26.8 Å². The van der Waals surface area contributed by atoms with Crippen molar-refractivity contribution in [3.05, 3.63) is 51.2 Å². The molecule has 1 aromatic heterocycles. The zero-order valence-corrected chi connectivity index (χ0v) is 12.4. The normalized spacial score (nSPS) is 12.0. The fraction of sp³-hybridized carbons (Fsp3) is 0.357. The fourth-order valence-electron chi connectivity index (χ4n) is 1.91. The van der Waals surface area contributed by atoms with E-state index in [0.717, 1.165) is 0 Å². The summed E-state index contributed by atoms with van der Waals surface area (Å²) in [5.74, 6) is -0.152. The number of carbonyl (C=O) groups excluding carboxylic acids is 1. The highest BCUT2D eigenvalue weighted by Gasteiger charge is 2.21. The molecule has 0 aliphatic carbocycles. The molecule has 2 aromatic rings. The van der Waals surface area contributed by atoms with E-state index in [1.165, 1.54) is 12.1 Å². The Kier molecular flexibility index (Phi) is 4.50. The number of nitro groups is 1. The number of nitro benzene ring substituents is 1. The van der Waals surface area contributed by atoms with Crippen LogP contribution in [0.2, 0.25) is 0 Å². The zero-order chi connectivity index (χ0) is 16.3. The molecule has 2 rings (SSSR count). The van der Waals surface area contributed by atoms with Crippen LogP contribution in [0, 0.1) is 17.0 Å². The van der Waals surface area contributed by atoms with Crippen molar-refractivity contribution in [1.82, 2.24) is 10.2 Å². The molecule has 0 aliphatic rings. The Hall–Kier alpha value is -2.77. The van der Waals surface area contributed by atoms with E-state index >= 15 is 0 Å². The average molecular weight is 305 g/mol. The first kappa shape index (κ1) is 15.6. The molecule has 0 radical (unpaired) electrons. The fourth-order valence-corrected chi connectivity index (χ4v) is 1.91. The number of esters is 1. The predicted octanol–water partition coefficient (Wildman–Crippen LogP) is 2.77. The summed E-state index contributed by atoms with van der Waals surface area (Å²) in [6, 6.07) is 4.27. The number of nitrogens with zero attached hydrogens (tertiary/aromatic N) is 3. The largest absolute Gasteiger partial charge is 0.449 e. The van der Waals surface area contributed by atoms with Gasteiger partial charge < -0.3 is 9.15 Å². The summed E-state index contributed by atoms with van der Waals surface area (Å²) < 4.78 is 10.4. The maximum Gasteiger partial charge on any atom is 0.339 e. The van der Waals surface area contributed by atoms with E-state index in [4.69, 9.17) is 9.15 Å². The van der Waals surface area contributed by atoms with Gasteiger partial charge in [-0.05, 0) is 19.4 Å². The van der Waals surface area contributed by atoms with E-state index in [0.29, 0.717) is 17.9 Å². The van der Waals surface area contributed by atoms with Gasteiger partial charge in [-0.2, -0.15) is 0 Å². The molecule has 1 aromatic carbocycles. The van der Waals surface area contributed by atoms with Gasteiger partial charge in [-0.15, -0.1) is 10.2 Å². The lowest BCUT2D eigenvalue weighted by atomic mass is 10.1. The average Bonchev–Trinajstić information content (AvgIpc) is 2.93. The Bertz CT molecular complexity index is 710. The second-order valence-electron chi connectivity index (χ2n) is 4.66. The van der Waals surface area contributed by atoms with Gasteiger partial charge in [0.25, 0.3) is 11.6 Å². The lowest BCUT2D eigenvalue weighted by molar-refractivity contribution is -0.385. The highest BCUT2D eigenvalue weighted by atomic mass is 16.6. The van der Waals surface area contributed by atoms with Crippen LogP contribution >= 0.6 is 0 Å². The van der Waals surface area contributed by atoms with Crippen molar-refractivity contribution in [3.63, 3.8) is 0 Å². The molecule has 1 heterocycles. The van der Waals surface area contributed by atoms with Crippen LogP contribution in [-0.4, -0.2) is 21.1 Å². The molecule has 0 saturated heterocycles. The monoisotopic (exact) mass is 305 g/mol. The summed E-state index contributed by atoms with van der Waals surface area (Å²) in [5, 5.41) is 18.4. The second kappa shape index (κ2) is 6.33. The van der Waals surface area contributed by atoms with Gasteiger partial charge in [0.15, 0.2) is 6.10 Å². The van der Waals surface area contributed by atoms with Gasteiger partial charge in [0.1, 0.15) is 0 Å². The molecule has 0 spiro atoms. The minimum absolute atomic E-state index is 0.0989. The Morgan fingerprint density at radius 3 is 2.73 bits per heavy atom. The number of hydrogen-bond acceptors (Lipinski definition) is 7. The van der Waals surface area contributed by atoms with E-state index in [9.17, 15) is 14.9 Å². The van der Waals surface area contributed by atoms with E-state index in [1.807, 2.05) is 0 Å². The molecule has 22 heavy (non-hydrogen) atoms. The molecule has 1 atom stereocenters. The molecular formula is C14H15N3O5. The van der Waals surface area contributed by atoms with Crippen LogP contribution in [0.15, 0.2) is 22.6 Å². The Morgan fingerprint density at radius 2 is 2.18 bits per heavy atom. The van der Waals surface area contributed by atoms with Crippen LogP contribution in [-0.2, 0) is 11.2 Å². The first-order valence-electron chi connectivity index (χ1n) is 6.70. The SMILES string of the molecule is CCc1ccc(C(=O)OC(C)c2nnc(C)o2)cc1[N+](=O)[O-]. The van der Waals surface area contributed by atoms with Gasteiger partial charge in [0, 0.05) is 18.6 Å². The summed E-state index contributed by atoms with van der Waals surface area (Å²) in [5.41, 5.74) is 0.562. The van der Waals surface area contributed by atoms with Gasteiger partial charge >= 0.3 is 5.97 Å². The number of ether oxygens (including phenoxy) is 1. The number of hydrogen-bond donors (Lipinski definition) is 0. The third-order valence-corrected chi connectivity index (χ3v) is 3.07. The molecule has 0 saturated carbocycles. The van der Waals surface area contributed by atoms with Crippen molar-refractivity contribution in [2.75, 3.05) is 0 Å². The molecule has 0 bridgehead atoms. The summed E-state index contributed by atoms with van der Waals surface area (Å²) >= 11 is 0. The molecule has 0 N–H and O–H groups in total. The second-order valence-corrected chi connectivity index (χ2v) is 4.66. The maximum absolute atomic E-state index is 12.1.